The predicted octanol–water partition coefficient (Wildman–Crippen LogP) is 3.50. The molecule has 7 nitrogen and oxygen atoms in total. The van der Waals surface area contributed by atoms with Crippen LogP contribution < -0.4 is 10.2 Å². The van der Waals surface area contributed by atoms with Crippen molar-refractivity contribution in [3.63, 3.8) is 0 Å². The maximum absolute atomic E-state index is 14.3. The second-order valence-electron chi connectivity index (χ2n) is 12.1. The average Bonchev–Trinajstić information content (AvgIpc) is 3.38. The van der Waals surface area contributed by atoms with E-state index in [9.17, 15) is 18.4 Å². The van der Waals surface area contributed by atoms with E-state index in [0.717, 1.165) is 43.4 Å². The Morgan fingerprint density at radius 1 is 1.21 bits per heavy atom. The van der Waals surface area contributed by atoms with Crippen LogP contribution in [0.2, 0.25) is 0 Å². The highest BCUT2D eigenvalue weighted by atomic mass is 19.1. The molecular weight excluding hydrogens is 500 g/mol. The zero-order valence-electron chi connectivity index (χ0n) is 23.3. The van der Waals surface area contributed by atoms with Gasteiger partial charge in [-0.3, -0.25) is 19.5 Å². The van der Waals surface area contributed by atoms with Gasteiger partial charge in [0, 0.05) is 86.6 Å². The Bertz CT molecular complexity index is 1250. The number of halogens is 2. The Labute approximate surface area is 229 Å². The van der Waals surface area contributed by atoms with Gasteiger partial charge in [0.2, 0.25) is 11.8 Å². The monoisotopic (exact) mass is 539 g/mol. The molecule has 1 aromatic carbocycles. The Morgan fingerprint density at radius 2 is 2.00 bits per heavy atom. The zero-order valence-corrected chi connectivity index (χ0v) is 23.3. The third-order valence-electron chi connectivity index (χ3n) is 8.57. The van der Waals surface area contributed by atoms with Crippen LogP contribution in [0.4, 0.5) is 14.5 Å². The SMILES string of the molecule is CCC1CC(=O)N(C[C@H]2CN[C@H](C)CN2CC(=O)N2CC(C)(C)c3cnc(Cc4ccc(F)cc4F)cc32)C1. The normalized spacial score (nSPS) is 24.9. The highest BCUT2D eigenvalue weighted by Crippen LogP contribution is 2.40. The number of likely N-dealkylation sites (tertiary alicyclic amines) is 1. The number of nitrogens with one attached hydrogen (secondary N) is 1. The third-order valence-corrected chi connectivity index (χ3v) is 8.57. The fourth-order valence-corrected chi connectivity index (χ4v) is 6.20. The number of aromatic nitrogens is 1. The van der Waals surface area contributed by atoms with Gasteiger partial charge in [-0.15, -0.1) is 0 Å². The van der Waals surface area contributed by atoms with E-state index in [-0.39, 0.29) is 42.3 Å². The molecule has 1 unspecified atom stereocenters. The molecule has 0 saturated carbocycles. The molecule has 2 amide bonds. The second-order valence-corrected chi connectivity index (χ2v) is 12.1. The van der Waals surface area contributed by atoms with Crippen molar-refractivity contribution in [3.8, 4) is 0 Å². The Kier molecular flexibility index (Phi) is 7.75. The highest BCUT2D eigenvalue weighted by molar-refractivity contribution is 5.97. The number of fused-ring (bicyclic) bond motifs is 1. The molecule has 9 heteroatoms. The number of nitrogens with zero attached hydrogens (tertiary/aromatic N) is 4. The smallest absolute Gasteiger partial charge is 0.241 e. The molecule has 2 saturated heterocycles. The molecule has 210 valence electrons. The van der Waals surface area contributed by atoms with Gasteiger partial charge in [-0.2, -0.15) is 0 Å². The van der Waals surface area contributed by atoms with Gasteiger partial charge >= 0.3 is 0 Å². The van der Waals surface area contributed by atoms with Gasteiger partial charge in [-0.1, -0.05) is 33.3 Å². The van der Waals surface area contributed by atoms with E-state index >= 15 is 0 Å². The third kappa shape index (κ3) is 5.84. The Hall–Kier alpha value is -2.91. The molecule has 3 aliphatic heterocycles. The first-order valence-corrected chi connectivity index (χ1v) is 14.0. The fourth-order valence-electron chi connectivity index (χ4n) is 6.20. The topological polar surface area (TPSA) is 68.8 Å². The minimum atomic E-state index is -0.614. The van der Waals surface area contributed by atoms with Crippen LogP contribution in [0, 0.1) is 17.6 Å². The van der Waals surface area contributed by atoms with Gasteiger partial charge in [0.05, 0.1) is 12.2 Å². The summed E-state index contributed by atoms with van der Waals surface area (Å²) in [5, 5.41) is 3.52. The molecule has 2 fully saturated rings. The van der Waals surface area contributed by atoms with E-state index in [2.05, 4.69) is 42.9 Å². The number of hydrogen-bond donors (Lipinski definition) is 1. The summed E-state index contributed by atoms with van der Waals surface area (Å²) < 4.78 is 27.7. The summed E-state index contributed by atoms with van der Waals surface area (Å²) in [6.07, 6.45) is 3.61. The fraction of sp³-hybridized carbons (Fsp3) is 0.567. The van der Waals surface area contributed by atoms with E-state index in [0.29, 0.717) is 36.7 Å². The number of amides is 2. The number of benzene rings is 1. The highest BCUT2D eigenvalue weighted by Gasteiger charge is 2.40. The molecule has 0 aliphatic carbocycles. The van der Waals surface area contributed by atoms with Gasteiger partial charge in [0.15, 0.2) is 0 Å². The number of carbonyl (C=O) groups is 2. The lowest BCUT2D eigenvalue weighted by Crippen LogP contribution is -2.61. The quantitative estimate of drug-likeness (QED) is 0.584. The van der Waals surface area contributed by atoms with Gasteiger partial charge in [-0.25, -0.2) is 8.78 Å². The minimum absolute atomic E-state index is 0.00483. The van der Waals surface area contributed by atoms with Crippen molar-refractivity contribution in [1.29, 1.82) is 0 Å². The summed E-state index contributed by atoms with van der Waals surface area (Å²) in [5.74, 6) is -0.593. The lowest BCUT2D eigenvalue weighted by atomic mass is 9.88. The van der Waals surface area contributed by atoms with Crippen LogP contribution in [0.3, 0.4) is 0 Å². The molecule has 0 radical (unpaired) electrons. The minimum Gasteiger partial charge on any atom is -0.341 e. The number of rotatable bonds is 7. The molecule has 0 spiro atoms. The summed E-state index contributed by atoms with van der Waals surface area (Å²) in [4.78, 5) is 37.0. The van der Waals surface area contributed by atoms with Gasteiger partial charge in [0.25, 0.3) is 0 Å². The van der Waals surface area contributed by atoms with Crippen LogP contribution in [-0.2, 0) is 21.4 Å². The van der Waals surface area contributed by atoms with Gasteiger partial charge in [0.1, 0.15) is 11.6 Å². The van der Waals surface area contributed by atoms with Gasteiger partial charge < -0.3 is 15.1 Å². The van der Waals surface area contributed by atoms with E-state index in [1.165, 1.54) is 12.1 Å². The zero-order chi connectivity index (χ0) is 27.9. The molecule has 0 bridgehead atoms. The molecule has 1 aromatic heterocycles. The van der Waals surface area contributed by atoms with Crippen LogP contribution in [0.5, 0.6) is 0 Å². The van der Waals surface area contributed by atoms with Crippen molar-refractivity contribution < 1.29 is 18.4 Å². The molecule has 4 heterocycles. The number of anilines is 1. The van der Waals surface area contributed by atoms with Crippen molar-refractivity contribution in [2.45, 2.75) is 64.5 Å². The summed E-state index contributed by atoms with van der Waals surface area (Å²) in [6, 6.07) is 5.74. The molecule has 2 aromatic rings. The largest absolute Gasteiger partial charge is 0.341 e. The Morgan fingerprint density at radius 3 is 2.72 bits per heavy atom. The maximum Gasteiger partial charge on any atom is 0.241 e. The standard InChI is InChI=1S/C30H39F2N5O2/c1-5-20-8-28(38)36(15-20)16-24-12-33-19(2)14-35(24)17-29(39)37-18-30(3,4)25-13-34-23(11-27(25)37)9-21-6-7-22(31)10-26(21)32/h6-7,10-11,13,19-20,24,33H,5,8-9,12,14-18H2,1-4H3/t19-,20?,24-/m1/s1. The maximum atomic E-state index is 14.3. The lowest BCUT2D eigenvalue weighted by molar-refractivity contribution is -0.128. The van der Waals surface area contributed by atoms with Crippen molar-refractivity contribution in [2.75, 3.05) is 44.2 Å². The van der Waals surface area contributed by atoms with Crippen molar-refractivity contribution >= 4 is 17.5 Å². The van der Waals surface area contributed by atoms with E-state index < -0.39 is 11.6 Å². The molecule has 3 atom stereocenters. The molecular formula is C30H39F2N5O2. The first-order valence-electron chi connectivity index (χ1n) is 14.0. The molecule has 39 heavy (non-hydrogen) atoms. The predicted molar refractivity (Wildman–Crippen MR) is 147 cm³/mol. The van der Waals surface area contributed by atoms with Crippen LogP contribution in [0.1, 0.15) is 57.4 Å². The van der Waals surface area contributed by atoms with Crippen molar-refractivity contribution in [2.24, 2.45) is 5.92 Å². The number of pyridine rings is 1. The van der Waals surface area contributed by atoms with Crippen LogP contribution >= 0.6 is 0 Å². The summed E-state index contributed by atoms with van der Waals surface area (Å²) >= 11 is 0. The number of carbonyl (C=O) groups excluding carboxylic acids is 2. The van der Waals surface area contributed by atoms with Crippen LogP contribution in [-0.4, -0.2) is 78.0 Å². The summed E-state index contributed by atoms with van der Waals surface area (Å²) in [7, 11) is 0. The molecule has 5 rings (SSSR count). The number of piperazine rings is 1. The van der Waals surface area contributed by atoms with Crippen LogP contribution in [0.25, 0.3) is 0 Å². The summed E-state index contributed by atoms with van der Waals surface area (Å²) in [6.45, 7) is 12.1. The number of hydrogen-bond acceptors (Lipinski definition) is 5. The lowest BCUT2D eigenvalue weighted by Gasteiger charge is -2.41. The Balaban J connectivity index is 1.33. The van der Waals surface area contributed by atoms with Gasteiger partial charge in [-0.05, 0) is 30.5 Å². The first-order chi connectivity index (χ1) is 18.5. The van der Waals surface area contributed by atoms with Crippen LogP contribution in [0.15, 0.2) is 30.5 Å². The van der Waals surface area contributed by atoms with E-state index in [1.54, 1.807) is 6.20 Å². The molecule has 3 aliphatic rings. The summed E-state index contributed by atoms with van der Waals surface area (Å²) in [5.41, 5.74) is 2.50. The second kappa shape index (κ2) is 10.9. The van der Waals surface area contributed by atoms with E-state index in [4.69, 9.17) is 0 Å². The van der Waals surface area contributed by atoms with Crippen molar-refractivity contribution in [3.05, 3.63) is 58.9 Å². The van der Waals surface area contributed by atoms with Crippen molar-refractivity contribution in [1.82, 2.24) is 20.1 Å². The first kappa shape index (κ1) is 27.6. The van der Waals surface area contributed by atoms with E-state index in [1.807, 2.05) is 15.9 Å². The molecule has 1 N–H and O–H groups in total. The average molecular weight is 540 g/mol.